The Hall–Kier alpha value is -5.03. The van der Waals surface area contributed by atoms with Crippen LogP contribution in [0.2, 0.25) is 0 Å². The van der Waals surface area contributed by atoms with E-state index < -0.39 is 5.97 Å². The molecule has 6 aromatic rings. The molecule has 0 unspecified atom stereocenters. The molecule has 0 bridgehead atoms. The maximum atomic E-state index is 12.2. The number of aromatic carboxylic acids is 1. The number of rotatable bonds is 10. The van der Waals surface area contributed by atoms with E-state index in [9.17, 15) is 9.90 Å². The zero-order chi connectivity index (χ0) is 27.3. The molecule has 0 aliphatic carbocycles. The van der Waals surface area contributed by atoms with Crippen molar-refractivity contribution in [1.82, 2.24) is 4.98 Å². The lowest BCUT2D eigenvalue weighted by Crippen LogP contribution is -2.04. The van der Waals surface area contributed by atoms with Gasteiger partial charge in [-0.2, -0.15) is 0 Å². The number of aryl methyl sites for hydroxylation is 1. The first-order valence-electron chi connectivity index (χ1n) is 13.4. The number of aromatic nitrogens is 1. The lowest BCUT2D eigenvalue weighted by molar-refractivity contribution is 0.0690. The number of aromatic amines is 1. The second kappa shape index (κ2) is 11.4. The molecule has 0 saturated carbocycles. The molecule has 6 rings (SSSR count). The van der Waals surface area contributed by atoms with E-state index in [1.165, 1.54) is 0 Å². The minimum atomic E-state index is -0.966. The highest BCUT2D eigenvalue weighted by Crippen LogP contribution is 2.35. The summed E-state index contributed by atoms with van der Waals surface area (Å²) in [6, 6.07) is 38.1. The molecule has 0 spiro atoms. The van der Waals surface area contributed by atoms with Crippen LogP contribution in [0, 0.1) is 0 Å². The number of carboxylic acids is 1. The third-order valence-corrected chi connectivity index (χ3v) is 7.11. The summed E-state index contributed by atoms with van der Waals surface area (Å²) in [4.78, 5) is 15.4. The second-order valence-corrected chi connectivity index (χ2v) is 9.74. The van der Waals surface area contributed by atoms with Crippen molar-refractivity contribution in [2.75, 3.05) is 6.61 Å². The van der Waals surface area contributed by atoms with Gasteiger partial charge in [-0.1, -0.05) is 91.0 Å². The fourth-order valence-corrected chi connectivity index (χ4v) is 5.24. The lowest BCUT2D eigenvalue weighted by Gasteiger charge is -2.12. The van der Waals surface area contributed by atoms with Crippen molar-refractivity contribution in [2.45, 2.75) is 19.4 Å². The molecule has 2 N–H and O–H groups in total. The van der Waals surface area contributed by atoms with Crippen LogP contribution in [0.25, 0.3) is 32.8 Å². The summed E-state index contributed by atoms with van der Waals surface area (Å²) in [5.41, 5.74) is 4.85. The van der Waals surface area contributed by atoms with Gasteiger partial charge in [-0.3, -0.25) is 0 Å². The van der Waals surface area contributed by atoms with Gasteiger partial charge in [-0.25, -0.2) is 4.79 Å². The molecule has 1 heterocycles. The molecule has 1 aromatic heterocycles. The highest BCUT2D eigenvalue weighted by molar-refractivity contribution is 6.04. The van der Waals surface area contributed by atoms with Gasteiger partial charge in [0.25, 0.3) is 0 Å². The SMILES string of the molecule is O=C(O)c1[nH]c2cccc(-c3cccc(OCc4ccccc4)c3)c2c1CCCOc1cccc2ccccc12. The number of nitrogens with one attached hydrogen (secondary N) is 1. The zero-order valence-electron chi connectivity index (χ0n) is 22.0. The minimum Gasteiger partial charge on any atom is -0.493 e. The number of H-pyrrole nitrogens is 1. The summed E-state index contributed by atoms with van der Waals surface area (Å²) in [6.07, 6.45) is 1.23. The minimum absolute atomic E-state index is 0.226. The predicted octanol–water partition coefficient (Wildman–Crippen LogP) is 8.28. The van der Waals surface area contributed by atoms with Crippen molar-refractivity contribution in [2.24, 2.45) is 0 Å². The normalized spacial score (nSPS) is 11.1. The van der Waals surface area contributed by atoms with Crippen LogP contribution in [0.5, 0.6) is 11.5 Å². The molecule has 198 valence electrons. The molecule has 5 heteroatoms. The number of benzene rings is 5. The monoisotopic (exact) mass is 527 g/mol. The average Bonchev–Trinajstić information content (AvgIpc) is 3.38. The average molecular weight is 528 g/mol. The summed E-state index contributed by atoms with van der Waals surface area (Å²) < 4.78 is 12.2. The molecule has 0 radical (unpaired) electrons. The van der Waals surface area contributed by atoms with Crippen LogP contribution in [0.1, 0.15) is 28.0 Å². The molecule has 40 heavy (non-hydrogen) atoms. The third-order valence-electron chi connectivity index (χ3n) is 7.11. The van der Waals surface area contributed by atoms with Crippen molar-refractivity contribution in [3.05, 3.63) is 132 Å². The van der Waals surface area contributed by atoms with E-state index in [2.05, 4.69) is 23.2 Å². The lowest BCUT2D eigenvalue weighted by atomic mass is 9.96. The van der Waals surface area contributed by atoms with Gasteiger partial charge in [-0.05, 0) is 64.7 Å². The van der Waals surface area contributed by atoms with Gasteiger partial charge < -0.3 is 19.6 Å². The molecule has 0 aliphatic heterocycles. The van der Waals surface area contributed by atoms with Crippen LogP contribution < -0.4 is 9.47 Å². The van der Waals surface area contributed by atoms with Crippen LogP contribution in [-0.4, -0.2) is 22.7 Å². The van der Waals surface area contributed by atoms with Crippen LogP contribution in [0.15, 0.2) is 115 Å². The smallest absolute Gasteiger partial charge is 0.352 e. The van der Waals surface area contributed by atoms with Crippen LogP contribution >= 0.6 is 0 Å². The van der Waals surface area contributed by atoms with Crippen LogP contribution in [0.4, 0.5) is 0 Å². The third kappa shape index (κ3) is 5.27. The van der Waals surface area contributed by atoms with Crippen molar-refractivity contribution >= 4 is 27.6 Å². The van der Waals surface area contributed by atoms with E-state index in [4.69, 9.17) is 9.47 Å². The highest BCUT2D eigenvalue weighted by Gasteiger charge is 2.20. The van der Waals surface area contributed by atoms with E-state index in [1.807, 2.05) is 97.1 Å². The standard InChI is InChI=1S/C35H29NO4/c37-35(38)34-30(18-9-21-39-32-20-7-13-25-12-4-5-16-28(25)32)33-29(17-8-19-31(33)36-34)26-14-6-15-27(22-26)40-23-24-10-2-1-3-11-24/h1-8,10-17,19-20,22,36H,9,18,21,23H2,(H,37,38). The van der Waals surface area contributed by atoms with Crippen LogP contribution in [-0.2, 0) is 13.0 Å². The predicted molar refractivity (Wildman–Crippen MR) is 159 cm³/mol. The van der Waals surface area contributed by atoms with E-state index in [1.54, 1.807) is 0 Å². The molecule has 0 fully saturated rings. The maximum absolute atomic E-state index is 12.2. The first kappa shape index (κ1) is 25.3. The van der Waals surface area contributed by atoms with Gasteiger partial charge in [0.1, 0.15) is 23.8 Å². The fourth-order valence-electron chi connectivity index (χ4n) is 5.24. The number of hydrogen-bond donors (Lipinski definition) is 2. The van der Waals surface area contributed by atoms with Crippen molar-refractivity contribution in [3.63, 3.8) is 0 Å². The van der Waals surface area contributed by atoms with E-state index >= 15 is 0 Å². The molecule has 0 saturated heterocycles. The number of hydrogen-bond acceptors (Lipinski definition) is 3. The van der Waals surface area contributed by atoms with Gasteiger partial charge in [0.15, 0.2) is 0 Å². The van der Waals surface area contributed by atoms with Gasteiger partial charge in [0.2, 0.25) is 0 Å². The Bertz CT molecular complexity index is 1780. The Morgan fingerprint density at radius 1 is 0.775 bits per heavy atom. The van der Waals surface area contributed by atoms with Crippen molar-refractivity contribution < 1.29 is 19.4 Å². The Balaban J connectivity index is 1.26. The number of fused-ring (bicyclic) bond motifs is 2. The molecule has 0 amide bonds. The second-order valence-electron chi connectivity index (χ2n) is 9.74. The molecule has 5 nitrogen and oxygen atoms in total. The molecule has 0 atom stereocenters. The largest absolute Gasteiger partial charge is 0.493 e. The van der Waals surface area contributed by atoms with Gasteiger partial charge in [0, 0.05) is 16.3 Å². The Morgan fingerprint density at radius 3 is 2.42 bits per heavy atom. The molecular weight excluding hydrogens is 498 g/mol. The Labute approximate surface area is 232 Å². The topological polar surface area (TPSA) is 71.5 Å². The first-order valence-corrected chi connectivity index (χ1v) is 13.4. The summed E-state index contributed by atoms with van der Waals surface area (Å²) in [7, 11) is 0. The molecular formula is C35H29NO4. The van der Waals surface area contributed by atoms with E-state index in [0.29, 0.717) is 26.1 Å². The Morgan fingerprint density at radius 2 is 1.55 bits per heavy atom. The van der Waals surface area contributed by atoms with Gasteiger partial charge in [-0.15, -0.1) is 0 Å². The number of carboxylic acid groups (broad SMARTS) is 1. The maximum Gasteiger partial charge on any atom is 0.352 e. The summed E-state index contributed by atoms with van der Waals surface area (Å²) in [6.45, 7) is 0.953. The number of ether oxygens (including phenoxy) is 2. The van der Waals surface area contributed by atoms with Crippen molar-refractivity contribution in [3.8, 4) is 22.6 Å². The summed E-state index contributed by atoms with van der Waals surface area (Å²) in [5.74, 6) is 0.632. The number of carbonyl (C=O) groups is 1. The van der Waals surface area contributed by atoms with Crippen molar-refractivity contribution in [1.29, 1.82) is 0 Å². The molecule has 5 aromatic carbocycles. The van der Waals surface area contributed by atoms with Gasteiger partial charge >= 0.3 is 5.97 Å². The van der Waals surface area contributed by atoms with Gasteiger partial charge in [0.05, 0.1) is 6.61 Å². The fraction of sp³-hybridized carbons (Fsp3) is 0.114. The Kier molecular flexibility index (Phi) is 7.18. The summed E-state index contributed by atoms with van der Waals surface area (Å²) >= 11 is 0. The highest BCUT2D eigenvalue weighted by atomic mass is 16.5. The summed E-state index contributed by atoms with van der Waals surface area (Å²) in [5, 5.41) is 13.1. The van der Waals surface area contributed by atoms with E-state index in [0.717, 1.165) is 55.4 Å². The first-order chi connectivity index (χ1) is 19.7. The van der Waals surface area contributed by atoms with E-state index in [-0.39, 0.29) is 5.69 Å². The molecule has 0 aliphatic rings. The zero-order valence-corrected chi connectivity index (χ0v) is 22.0. The quantitative estimate of drug-likeness (QED) is 0.176. The van der Waals surface area contributed by atoms with Crippen LogP contribution in [0.3, 0.4) is 0 Å².